The molecule has 2 fully saturated rings. The van der Waals surface area contributed by atoms with Gasteiger partial charge in [-0.25, -0.2) is 8.42 Å². The number of nitrogens with two attached hydrogens (primary N) is 1. The molecule has 0 amide bonds. The first-order chi connectivity index (χ1) is 9.93. The van der Waals surface area contributed by atoms with Crippen LogP contribution < -0.4 is 5.73 Å². The molecule has 0 radical (unpaired) electrons. The van der Waals surface area contributed by atoms with Crippen molar-refractivity contribution in [1.29, 1.82) is 0 Å². The van der Waals surface area contributed by atoms with E-state index in [1.807, 2.05) is 0 Å². The summed E-state index contributed by atoms with van der Waals surface area (Å²) >= 11 is 6.03. The number of rotatable bonds is 2. The zero-order valence-electron chi connectivity index (χ0n) is 11.4. The molecule has 1 aromatic carbocycles. The predicted octanol–water partition coefficient (Wildman–Crippen LogP) is 1.45. The Morgan fingerprint density at radius 1 is 1.29 bits per heavy atom. The van der Waals surface area contributed by atoms with E-state index in [-0.39, 0.29) is 16.5 Å². The summed E-state index contributed by atoms with van der Waals surface area (Å²) in [7, 11) is -3.72. The van der Waals surface area contributed by atoms with Crippen LogP contribution in [0.3, 0.4) is 0 Å². The van der Waals surface area contributed by atoms with Crippen LogP contribution in [0.2, 0.25) is 5.02 Å². The molecule has 6 nitrogen and oxygen atoms in total. The molecule has 2 aliphatic rings. The lowest BCUT2D eigenvalue weighted by molar-refractivity contribution is -0.179. The first-order valence-electron chi connectivity index (χ1n) is 6.76. The van der Waals surface area contributed by atoms with Gasteiger partial charge in [0.1, 0.15) is 4.90 Å². The molecule has 2 heterocycles. The van der Waals surface area contributed by atoms with E-state index in [4.69, 9.17) is 26.8 Å². The third kappa shape index (κ3) is 2.76. The van der Waals surface area contributed by atoms with Gasteiger partial charge in [-0.15, -0.1) is 0 Å². The van der Waals surface area contributed by atoms with Gasteiger partial charge in [0.05, 0.1) is 24.8 Å². The summed E-state index contributed by atoms with van der Waals surface area (Å²) in [6.45, 7) is 1.59. The van der Waals surface area contributed by atoms with Gasteiger partial charge in [-0.2, -0.15) is 4.31 Å². The zero-order chi connectivity index (χ0) is 15.1. The first-order valence-corrected chi connectivity index (χ1v) is 8.58. The molecule has 1 spiro atoms. The second kappa shape index (κ2) is 5.40. The number of piperidine rings is 1. The standard InChI is InChI=1S/C13H17ClN2O4S/c14-11-3-2-10(15)8-12(11)21(17,18)16-5-1-4-13(9-16)19-6-7-20-13/h2-3,8H,1,4-7,9,15H2. The Balaban J connectivity index is 1.92. The second-order valence-corrected chi connectivity index (χ2v) is 7.55. The summed E-state index contributed by atoms with van der Waals surface area (Å²) in [6.07, 6.45) is 1.38. The quantitative estimate of drug-likeness (QED) is 0.829. The van der Waals surface area contributed by atoms with Gasteiger partial charge in [-0.3, -0.25) is 0 Å². The summed E-state index contributed by atoms with van der Waals surface area (Å²) in [5.74, 6) is -0.807. The van der Waals surface area contributed by atoms with Gasteiger partial charge in [-0.05, 0) is 24.6 Å². The Labute approximate surface area is 128 Å². The SMILES string of the molecule is Nc1ccc(Cl)c(S(=O)(=O)N2CCCC3(C2)OCCO3)c1. The van der Waals surface area contributed by atoms with Crippen LogP contribution in [0.15, 0.2) is 23.1 Å². The molecule has 2 saturated heterocycles. The lowest BCUT2D eigenvalue weighted by Gasteiger charge is -2.37. The largest absolute Gasteiger partial charge is 0.399 e. The van der Waals surface area contributed by atoms with E-state index in [1.165, 1.54) is 16.4 Å². The average Bonchev–Trinajstić information content (AvgIpc) is 2.89. The molecule has 0 saturated carbocycles. The molecule has 0 aliphatic carbocycles. The van der Waals surface area contributed by atoms with Gasteiger partial charge in [-0.1, -0.05) is 11.6 Å². The van der Waals surface area contributed by atoms with Crippen molar-refractivity contribution in [1.82, 2.24) is 4.31 Å². The van der Waals surface area contributed by atoms with Crippen molar-refractivity contribution in [3.05, 3.63) is 23.2 Å². The number of hydrogen-bond acceptors (Lipinski definition) is 5. The molecule has 1 aromatic rings. The summed E-state index contributed by atoms with van der Waals surface area (Å²) < 4.78 is 38.1. The Morgan fingerprint density at radius 3 is 2.71 bits per heavy atom. The van der Waals surface area contributed by atoms with Crippen molar-refractivity contribution < 1.29 is 17.9 Å². The van der Waals surface area contributed by atoms with Crippen LogP contribution in [0.4, 0.5) is 5.69 Å². The minimum absolute atomic E-state index is 0.0270. The lowest BCUT2D eigenvalue weighted by atomic mass is 10.1. The molecule has 0 unspecified atom stereocenters. The monoisotopic (exact) mass is 332 g/mol. The molecule has 21 heavy (non-hydrogen) atoms. The molecule has 0 atom stereocenters. The summed E-state index contributed by atoms with van der Waals surface area (Å²) in [6, 6.07) is 4.45. The highest BCUT2D eigenvalue weighted by atomic mass is 35.5. The fourth-order valence-corrected chi connectivity index (χ4v) is 4.77. The molecule has 2 N–H and O–H groups in total. The highest BCUT2D eigenvalue weighted by Crippen LogP contribution is 2.34. The fourth-order valence-electron chi connectivity index (χ4n) is 2.75. The van der Waals surface area contributed by atoms with Gasteiger partial charge < -0.3 is 15.2 Å². The van der Waals surface area contributed by atoms with Gasteiger partial charge in [0, 0.05) is 18.7 Å². The fraction of sp³-hybridized carbons (Fsp3) is 0.538. The number of sulfonamides is 1. The molecule has 3 rings (SSSR count). The molecular weight excluding hydrogens is 316 g/mol. The maximum atomic E-state index is 12.8. The summed E-state index contributed by atoms with van der Waals surface area (Å²) in [4.78, 5) is 0.0270. The van der Waals surface area contributed by atoms with Crippen molar-refractivity contribution >= 4 is 27.3 Å². The zero-order valence-corrected chi connectivity index (χ0v) is 13.0. The lowest BCUT2D eigenvalue weighted by Crippen LogP contribution is -2.50. The normalized spacial score (nSPS) is 22.7. The number of nitrogens with zero attached hydrogens (tertiary/aromatic N) is 1. The van der Waals surface area contributed by atoms with Gasteiger partial charge in [0.2, 0.25) is 10.0 Å². The van der Waals surface area contributed by atoms with Crippen molar-refractivity contribution in [3.8, 4) is 0 Å². The van der Waals surface area contributed by atoms with Crippen LogP contribution in [0.1, 0.15) is 12.8 Å². The van der Waals surface area contributed by atoms with Crippen LogP contribution in [0, 0.1) is 0 Å². The number of hydrogen-bond donors (Lipinski definition) is 1. The number of anilines is 1. The molecule has 0 aromatic heterocycles. The van der Waals surface area contributed by atoms with E-state index in [2.05, 4.69) is 0 Å². The molecule has 2 aliphatic heterocycles. The maximum absolute atomic E-state index is 12.8. The second-order valence-electron chi connectivity index (χ2n) is 5.24. The highest BCUT2D eigenvalue weighted by Gasteiger charge is 2.44. The highest BCUT2D eigenvalue weighted by molar-refractivity contribution is 7.89. The van der Waals surface area contributed by atoms with E-state index < -0.39 is 15.8 Å². The number of halogens is 1. The van der Waals surface area contributed by atoms with Gasteiger partial charge in [0.25, 0.3) is 0 Å². The topological polar surface area (TPSA) is 81.9 Å². The molecule has 0 bridgehead atoms. The predicted molar refractivity (Wildman–Crippen MR) is 78.5 cm³/mol. The van der Waals surface area contributed by atoms with Gasteiger partial charge >= 0.3 is 0 Å². The van der Waals surface area contributed by atoms with Crippen LogP contribution >= 0.6 is 11.6 Å². The van der Waals surface area contributed by atoms with Crippen molar-refractivity contribution in [2.24, 2.45) is 0 Å². The summed E-state index contributed by atoms with van der Waals surface area (Å²) in [5, 5.41) is 0.164. The molecule has 116 valence electrons. The van der Waals surface area contributed by atoms with Crippen molar-refractivity contribution in [2.45, 2.75) is 23.5 Å². The van der Waals surface area contributed by atoms with E-state index in [0.717, 1.165) is 0 Å². The molecular formula is C13H17ClN2O4S. The minimum Gasteiger partial charge on any atom is -0.399 e. The van der Waals surface area contributed by atoms with E-state index in [0.29, 0.717) is 38.3 Å². The van der Waals surface area contributed by atoms with Crippen LogP contribution in [0.25, 0.3) is 0 Å². The van der Waals surface area contributed by atoms with Crippen LogP contribution in [0.5, 0.6) is 0 Å². The Bertz CT molecular complexity index is 644. The summed E-state index contributed by atoms with van der Waals surface area (Å²) in [5.41, 5.74) is 6.04. The maximum Gasteiger partial charge on any atom is 0.244 e. The minimum atomic E-state index is -3.72. The number of nitrogen functional groups attached to an aromatic ring is 1. The van der Waals surface area contributed by atoms with E-state index >= 15 is 0 Å². The smallest absolute Gasteiger partial charge is 0.244 e. The van der Waals surface area contributed by atoms with Crippen LogP contribution in [-0.4, -0.2) is 44.8 Å². The molecule has 8 heteroatoms. The van der Waals surface area contributed by atoms with Crippen molar-refractivity contribution in [2.75, 3.05) is 32.0 Å². The van der Waals surface area contributed by atoms with Gasteiger partial charge in [0.15, 0.2) is 5.79 Å². The third-order valence-corrected chi connectivity index (χ3v) is 6.10. The number of benzene rings is 1. The third-order valence-electron chi connectivity index (χ3n) is 3.77. The van der Waals surface area contributed by atoms with Crippen LogP contribution in [-0.2, 0) is 19.5 Å². The van der Waals surface area contributed by atoms with E-state index in [9.17, 15) is 8.42 Å². The Hall–Kier alpha value is -0.860. The average molecular weight is 333 g/mol. The Kier molecular flexibility index (Phi) is 3.87. The van der Waals surface area contributed by atoms with E-state index in [1.54, 1.807) is 6.07 Å². The first kappa shape index (κ1) is 15.1. The van der Waals surface area contributed by atoms with Crippen molar-refractivity contribution in [3.63, 3.8) is 0 Å². The Morgan fingerprint density at radius 2 is 2.00 bits per heavy atom. The number of ether oxygens (including phenoxy) is 2.